The normalized spacial score (nSPS) is 10.5. The number of aromatic nitrogens is 2. The minimum absolute atomic E-state index is 0.0456. The maximum Gasteiger partial charge on any atom is 0.258 e. The summed E-state index contributed by atoms with van der Waals surface area (Å²) >= 11 is 0. The number of carbonyl (C=O) groups excluding carboxylic acids is 1. The Morgan fingerprint density at radius 2 is 1.96 bits per heavy atom. The summed E-state index contributed by atoms with van der Waals surface area (Å²) in [7, 11) is 0. The van der Waals surface area contributed by atoms with Crippen molar-refractivity contribution in [2.24, 2.45) is 0 Å². The zero-order valence-corrected chi connectivity index (χ0v) is 14.1. The highest BCUT2D eigenvalue weighted by atomic mass is 16.5. The first-order valence-corrected chi connectivity index (χ1v) is 7.84. The Morgan fingerprint density at radius 1 is 1.29 bits per heavy atom. The van der Waals surface area contributed by atoms with E-state index >= 15 is 0 Å². The second-order valence-corrected chi connectivity index (χ2v) is 5.29. The molecule has 1 heterocycles. The molecule has 2 aromatic rings. The number of hydrogen-bond donors (Lipinski definition) is 2. The summed E-state index contributed by atoms with van der Waals surface area (Å²) in [6, 6.07) is 7.00. The van der Waals surface area contributed by atoms with E-state index in [2.05, 4.69) is 10.3 Å². The molecule has 0 radical (unpaired) electrons. The van der Waals surface area contributed by atoms with Crippen LogP contribution in [-0.4, -0.2) is 22.1 Å². The van der Waals surface area contributed by atoms with E-state index in [1.807, 2.05) is 13.8 Å². The number of hydrogen-bond acceptors (Lipinski definition) is 5. The molecular weight excluding hydrogens is 308 g/mol. The summed E-state index contributed by atoms with van der Waals surface area (Å²) in [4.78, 5) is 28.7. The van der Waals surface area contributed by atoms with Crippen molar-refractivity contribution < 1.29 is 9.53 Å². The molecule has 1 amide bonds. The fourth-order valence-electron chi connectivity index (χ4n) is 2.35. The number of rotatable bonds is 6. The summed E-state index contributed by atoms with van der Waals surface area (Å²) in [5.41, 5.74) is 7.31. The van der Waals surface area contributed by atoms with Gasteiger partial charge in [-0.15, -0.1) is 0 Å². The Labute approximate surface area is 140 Å². The van der Waals surface area contributed by atoms with Crippen molar-refractivity contribution in [2.45, 2.75) is 33.7 Å². The summed E-state index contributed by atoms with van der Waals surface area (Å²) in [5.74, 6) is 0.425. The lowest BCUT2D eigenvalue weighted by atomic mass is 10.2. The Kier molecular flexibility index (Phi) is 5.57. The van der Waals surface area contributed by atoms with Crippen molar-refractivity contribution in [1.82, 2.24) is 9.55 Å². The number of nitrogen functional groups attached to an aromatic ring is 1. The van der Waals surface area contributed by atoms with Crippen LogP contribution in [-0.2, 0) is 17.8 Å². The van der Waals surface area contributed by atoms with Gasteiger partial charge in [0.05, 0.1) is 12.3 Å². The lowest BCUT2D eigenvalue weighted by Gasteiger charge is -2.12. The van der Waals surface area contributed by atoms with Crippen LogP contribution in [0.25, 0.3) is 0 Å². The zero-order chi connectivity index (χ0) is 17.7. The van der Waals surface area contributed by atoms with Gasteiger partial charge < -0.3 is 15.8 Å². The molecule has 1 aromatic carbocycles. The molecule has 0 unspecified atom stereocenters. The van der Waals surface area contributed by atoms with Crippen molar-refractivity contribution >= 4 is 17.5 Å². The highest BCUT2D eigenvalue weighted by molar-refractivity contribution is 5.90. The number of benzene rings is 1. The molecule has 0 fully saturated rings. The first-order chi connectivity index (χ1) is 11.5. The Morgan fingerprint density at radius 3 is 2.54 bits per heavy atom. The molecular formula is C17H22N4O3. The molecule has 0 aliphatic carbocycles. The second kappa shape index (κ2) is 7.63. The summed E-state index contributed by atoms with van der Waals surface area (Å²) in [6.07, 6.45) is 0.616. The molecule has 0 bridgehead atoms. The lowest BCUT2D eigenvalue weighted by molar-refractivity contribution is -0.116. The lowest BCUT2D eigenvalue weighted by Crippen LogP contribution is -2.32. The largest absolute Gasteiger partial charge is 0.494 e. The standard InChI is InChI=1S/C17H22N4O3/c1-4-14-11(3)16(23)21(17(18)20-14)10-15(22)19-12-6-8-13(9-7-12)24-5-2/h6-9H,4-5,10H2,1-3H3,(H2,18,20)(H,19,22). The van der Waals surface area contributed by atoms with Crippen LogP contribution in [0.3, 0.4) is 0 Å². The minimum Gasteiger partial charge on any atom is -0.494 e. The topological polar surface area (TPSA) is 99.2 Å². The van der Waals surface area contributed by atoms with E-state index in [-0.39, 0.29) is 24.0 Å². The van der Waals surface area contributed by atoms with Crippen LogP contribution in [0.5, 0.6) is 5.75 Å². The average molecular weight is 330 g/mol. The van der Waals surface area contributed by atoms with E-state index in [1.54, 1.807) is 31.2 Å². The molecule has 0 aliphatic rings. The highest BCUT2D eigenvalue weighted by Gasteiger charge is 2.13. The first kappa shape index (κ1) is 17.5. The Balaban J connectivity index is 2.12. The highest BCUT2D eigenvalue weighted by Crippen LogP contribution is 2.15. The predicted octanol–water partition coefficient (Wildman–Crippen LogP) is 1.73. The number of aryl methyl sites for hydroxylation is 1. The van der Waals surface area contributed by atoms with Gasteiger partial charge in [0, 0.05) is 11.3 Å². The minimum atomic E-state index is -0.349. The maximum atomic E-state index is 12.3. The van der Waals surface area contributed by atoms with Gasteiger partial charge in [0.25, 0.3) is 5.56 Å². The van der Waals surface area contributed by atoms with Crippen LogP contribution >= 0.6 is 0 Å². The average Bonchev–Trinajstić information content (AvgIpc) is 2.57. The number of amides is 1. The third-order valence-electron chi connectivity index (χ3n) is 3.61. The summed E-state index contributed by atoms with van der Waals surface area (Å²) in [5, 5.41) is 2.72. The van der Waals surface area contributed by atoms with Gasteiger partial charge in [-0.2, -0.15) is 0 Å². The van der Waals surface area contributed by atoms with Crippen LogP contribution in [0.4, 0.5) is 11.6 Å². The molecule has 24 heavy (non-hydrogen) atoms. The van der Waals surface area contributed by atoms with E-state index in [1.165, 1.54) is 4.57 Å². The van der Waals surface area contributed by atoms with Gasteiger partial charge in [0.1, 0.15) is 12.3 Å². The van der Waals surface area contributed by atoms with Crippen LogP contribution in [0.1, 0.15) is 25.1 Å². The fraction of sp³-hybridized carbons (Fsp3) is 0.353. The number of carbonyl (C=O) groups is 1. The fourth-order valence-corrected chi connectivity index (χ4v) is 2.35. The van der Waals surface area contributed by atoms with Gasteiger partial charge in [0.15, 0.2) is 0 Å². The van der Waals surface area contributed by atoms with Gasteiger partial charge in [-0.3, -0.25) is 14.2 Å². The van der Waals surface area contributed by atoms with E-state index in [9.17, 15) is 9.59 Å². The SMILES string of the molecule is CCOc1ccc(NC(=O)Cn2c(N)nc(CC)c(C)c2=O)cc1. The maximum absolute atomic E-state index is 12.3. The van der Waals surface area contributed by atoms with E-state index in [0.29, 0.717) is 30.0 Å². The van der Waals surface area contributed by atoms with Gasteiger partial charge in [-0.25, -0.2) is 4.98 Å². The van der Waals surface area contributed by atoms with Crippen LogP contribution in [0, 0.1) is 6.92 Å². The van der Waals surface area contributed by atoms with Crippen LogP contribution in [0.15, 0.2) is 29.1 Å². The van der Waals surface area contributed by atoms with Gasteiger partial charge in [-0.05, 0) is 44.5 Å². The molecule has 0 saturated heterocycles. The molecule has 0 saturated carbocycles. The Hall–Kier alpha value is -2.83. The molecule has 7 nitrogen and oxygen atoms in total. The zero-order valence-electron chi connectivity index (χ0n) is 14.1. The van der Waals surface area contributed by atoms with Crippen molar-refractivity contribution in [3.8, 4) is 5.75 Å². The number of nitrogens with one attached hydrogen (secondary N) is 1. The summed E-state index contributed by atoms with van der Waals surface area (Å²) in [6.45, 7) is 5.88. The van der Waals surface area contributed by atoms with E-state index in [4.69, 9.17) is 10.5 Å². The molecule has 1 aromatic heterocycles. The van der Waals surface area contributed by atoms with E-state index < -0.39 is 0 Å². The molecule has 0 aliphatic heterocycles. The third-order valence-corrected chi connectivity index (χ3v) is 3.61. The molecule has 3 N–H and O–H groups in total. The second-order valence-electron chi connectivity index (χ2n) is 5.29. The number of nitrogens with two attached hydrogens (primary N) is 1. The molecule has 0 spiro atoms. The van der Waals surface area contributed by atoms with Gasteiger partial charge in [-0.1, -0.05) is 6.92 Å². The van der Waals surface area contributed by atoms with Crippen LogP contribution < -0.4 is 21.3 Å². The number of nitrogens with zero attached hydrogens (tertiary/aromatic N) is 2. The molecule has 0 atom stereocenters. The Bertz CT molecular complexity index is 782. The van der Waals surface area contributed by atoms with Crippen LogP contribution in [0.2, 0.25) is 0 Å². The number of anilines is 2. The van der Waals surface area contributed by atoms with E-state index in [0.717, 1.165) is 5.75 Å². The van der Waals surface area contributed by atoms with Crippen molar-refractivity contribution in [3.05, 3.63) is 45.9 Å². The third kappa shape index (κ3) is 3.92. The first-order valence-electron chi connectivity index (χ1n) is 7.84. The molecule has 128 valence electrons. The number of ether oxygens (including phenoxy) is 1. The monoisotopic (exact) mass is 330 g/mol. The quantitative estimate of drug-likeness (QED) is 0.840. The smallest absolute Gasteiger partial charge is 0.258 e. The molecule has 2 rings (SSSR count). The predicted molar refractivity (Wildman–Crippen MR) is 93.3 cm³/mol. The van der Waals surface area contributed by atoms with Crippen molar-refractivity contribution in [2.75, 3.05) is 17.7 Å². The summed E-state index contributed by atoms with van der Waals surface area (Å²) < 4.78 is 6.52. The van der Waals surface area contributed by atoms with Crippen molar-refractivity contribution in [1.29, 1.82) is 0 Å². The van der Waals surface area contributed by atoms with Gasteiger partial charge >= 0.3 is 0 Å². The van der Waals surface area contributed by atoms with Gasteiger partial charge in [0.2, 0.25) is 11.9 Å². The van der Waals surface area contributed by atoms with Crippen molar-refractivity contribution in [3.63, 3.8) is 0 Å². The molecule has 7 heteroatoms.